The Kier molecular flexibility index (Phi) is 7.71. The Balaban J connectivity index is 1.96. The summed E-state index contributed by atoms with van der Waals surface area (Å²) in [6.45, 7) is 9.91. The fourth-order valence-corrected chi connectivity index (χ4v) is 4.95. The van der Waals surface area contributed by atoms with Gasteiger partial charge in [0, 0.05) is 23.7 Å². The van der Waals surface area contributed by atoms with E-state index in [2.05, 4.69) is 0 Å². The molecule has 196 valence electrons. The highest BCUT2D eigenvalue weighted by Crippen LogP contribution is 2.30. The highest BCUT2D eigenvalue weighted by atomic mass is 16.6. The van der Waals surface area contributed by atoms with Crippen LogP contribution in [0.4, 0.5) is 5.69 Å². The van der Waals surface area contributed by atoms with Gasteiger partial charge in [-0.25, -0.2) is 4.98 Å². The summed E-state index contributed by atoms with van der Waals surface area (Å²) in [5.41, 5.74) is 3.68. The summed E-state index contributed by atoms with van der Waals surface area (Å²) in [7, 11) is 0. The molecule has 8 nitrogen and oxygen atoms in total. The minimum atomic E-state index is -0.541. The number of fused-ring (bicyclic) bond motifs is 1. The smallest absolute Gasteiger partial charge is 0.273 e. The fraction of sp³-hybridized carbons (Fsp3) is 0.300. The summed E-state index contributed by atoms with van der Waals surface area (Å²) < 4.78 is 1.62. The zero-order valence-electron chi connectivity index (χ0n) is 22.4. The summed E-state index contributed by atoms with van der Waals surface area (Å²) in [5, 5.41) is 12.0. The number of carbonyl (C=O) groups is 1. The molecule has 0 N–H and O–H groups in total. The topological polar surface area (TPSA) is 98.3 Å². The maximum atomic E-state index is 13.9. The Morgan fingerprint density at radius 1 is 1.03 bits per heavy atom. The first-order valence-electron chi connectivity index (χ1n) is 12.8. The molecule has 0 aliphatic carbocycles. The van der Waals surface area contributed by atoms with Gasteiger partial charge in [0.05, 0.1) is 27.6 Å². The maximum Gasteiger partial charge on any atom is 0.273 e. The third kappa shape index (κ3) is 4.94. The van der Waals surface area contributed by atoms with Crippen LogP contribution in [0, 0.1) is 30.9 Å². The molecule has 8 heteroatoms. The van der Waals surface area contributed by atoms with Crippen molar-refractivity contribution in [1.29, 1.82) is 0 Å². The van der Waals surface area contributed by atoms with Crippen LogP contribution < -0.4 is 5.56 Å². The lowest BCUT2D eigenvalue weighted by Gasteiger charge is -2.32. The van der Waals surface area contributed by atoms with E-state index in [-0.39, 0.29) is 22.7 Å². The first-order chi connectivity index (χ1) is 18.2. The number of amides is 1. The van der Waals surface area contributed by atoms with Gasteiger partial charge in [-0.05, 0) is 63.4 Å². The lowest BCUT2D eigenvalue weighted by molar-refractivity contribution is -0.385. The Bertz CT molecular complexity index is 1590. The number of nitro benzene ring substituents is 1. The average Bonchev–Trinajstić information content (AvgIpc) is 2.89. The number of nitrogens with zero attached hydrogens (tertiary/aromatic N) is 4. The molecular formula is C30H32N4O4. The van der Waals surface area contributed by atoms with Crippen molar-refractivity contribution in [3.63, 3.8) is 0 Å². The normalized spacial score (nSPS) is 11.9. The van der Waals surface area contributed by atoms with Gasteiger partial charge in [-0.3, -0.25) is 24.3 Å². The first-order valence-corrected chi connectivity index (χ1v) is 12.8. The quantitative estimate of drug-likeness (QED) is 0.206. The first kappa shape index (κ1) is 26.7. The molecule has 0 aliphatic heterocycles. The third-order valence-corrected chi connectivity index (χ3v) is 6.83. The van der Waals surface area contributed by atoms with Crippen molar-refractivity contribution in [2.45, 2.75) is 53.5 Å². The number of hydrogen-bond donors (Lipinski definition) is 0. The largest absolute Gasteiger partial charge is 0.328 e. The molecule has 0 spiro atoms. The lowest BCUT2D eigenvalue weighted by atomic mass is 10.0. The average molecular weight is 513 g/mol. The van der Waals surface area contributed by atoms with Crippen LogP contribution in [0.2, 0.25) is 0 Å². The predicted octanol–water partition coefficient (Wildman–Crippen LogP) is 6.22. The molecule has 4 rings (SSSR count). The van der Waals surface area contributed by atoms with Crippen LogP contribution in [0.15, 0.2) is 65.5 Å². The Morgan fingerprint density at radius 2 is 1.76 bits per heavy atom. The van der Waals surface area contributed by atoms with Crippen LogP contribution in [0.3, 0.4) is 0 Å². The molecule has 3 aromatic carbocycles. The molecule has 4 aromatic rings. The monoisotopic (exact) mass is 512 g/mol. The molecule has 1 unspecified atom stereocenters. The van der Waals surface area contributed by atoms with Gasteiger partial charge in [0.2, 0.25) is 0 Å². The number of nitro groups is 1. The molecule has 1 amide bonds. The van der Waals surface area contributed by atoms with Crippen LogP contribution in [-0.2, 0) is 0 Å². The minimum Gasteiger partial charge on any atom is -0.328 e. The van der Waals surface area contributed by atoms with E-state index in [0.29, 0.717) is 47.4 Å². The molecule has 0 saturated heterocycles. The second-order valence-corrected chi connectivity index (χ2v) is 9.60. The summed E-state index contributed by atoms with van der Waals surface area (Å²) in [5.74, 6) is 0.128. The van der Waals surface area contributed by atoms with Crippen molar-refractivity contribution in [3.05, 3.63) is 109 Å². The molecule has 0 saturated carbocycles. The number of carbonyl (C=O) groups excluding carboxylic acids is 1. The molecule has 0 fully saturated rings. The molecule has 38 heavy (non-hydrogen) atoms. The van der Waals surface area contributed by atoms with Crippen molar-refractivity contribution in [3.8, 4) is 5.69 Å². The number of rotatable bonds is 8. The van der Waals surface area contributed by atoms with E-state index in [1.807, 2.05) is 58.0 Å². The van der Waals surface area contributed by atoms with Gasteiger partial charge in [0.1, 0.15) is 5.82 Å². The van der Waals surface area contributed by atoms with Crippen molar-refractivity contribution in [1.82, 2.24) is 14.5 Å². The minimum absolute atomic E-state index is 0.101. The summed E-state index contributed by atoms with van der Waals surface area (Å²) >= 11 is 0. The van der Waals surface area contributed by atoms with Gasteiger partial charge in [0.25, 0.3) is 17.2 Å². The van der Waals surface area contributed by atoms with E-state index >= 15 is 0 Å². The zero-order valence-corrected chi connectivity index (χ0v) is 22.4. The molecular weight excluding hydrogens is 480 g/mol. The molecule has 1 atom stereocenters. The number of aryl methyl sites for hydroxylation is 3. The highest BCUT2D eigenvalue weighted by molar-refractivity contribution is 5.95. The standard InChI is InChI=1S/C30H32N4O4/c1-6-16-32(29(35)22-14-13-20(4)27(18-22)34(37)38)25(7-2)28-31-24-11-9-8-10-23(24)30(36)33(28)26-15-12-19(3)17-21(26)5/h8-15,17-18,25H,6-7,16H2,1-5H3. The predicted molar refractivity (Wildman–Crippen MR) is 149 cm³/mol. The number of para-hydroxylation sites is 1. The van der Waals surface area contributed by atoms with E-state index in [1.165, 1.54) is 6.07 Å². The number of aromatic nitrogens is 2. The van der Waals surface area contributed by atoms with Crippen LogP contribution in [0.25, 0.3) is 16.6 Å². The molecule has 0 bridgehead atoms. The molecule has 1 aromatic heterocycles. The second kappa shape index (κ2) is 11.0. The highest BCUT2D eigenvalue weighted by Gasteiger charge is 2.30. The number of benzene rings is 3. The SMILES string of the molecule is CCCN(C(=O)c1ccc(C)c([N+](=O)[O-])c1)C(CC)c1nc2ccccc2c(=O)n1-c1ccc(C)cc1C. The number of hydrogen-bond acceptors (Lipinski definition) is 5. The molecule has 0 aliphatic rings. The summed E-state index contributed by atoms with van der Waals surface area (Å²) in [4.78, 5) is 45.5. The Labute approximate surface area is 221 Å². The molecule has 0 radical (unpaired) electrons. The van der Waals surface area contributed by atoms with E-state index in [4.69, 9.17) is 4.98 Å². The second-order valence-electron chi connectivity index (χ2n) is 9.60. The van der Waals surface area contributed by atoms with Gasteiger partial charge < -0.3 is 4.90 Å². The van der Waals surface area contributed by atoms with Crippen LogP contribution in [0.5, 0.6) is 0 Å². The fourth-order valence-electron chi connectivity index (χ4n) is 4.95. The van der Waals surface area contributed by atoms with Gasteiger partial charge in [0.15, 0.2) is 0 Å². The van der Waals surface area contributed by atoms with Crippen molar-refractivity contribution < 1.29 is 9.72 Å². The van der Waals surface area contributed by atoms with Crippen molar-refractivity contribution >= 4 is 22.5 Å². The van der Waals surface area contributed by atoms with Gasteiger partial charge in [-0.2, -0.15) is 0 Å². The van der Waals surface area contributed by atoms with E-state index in [1.54, 1.807) is 40.7 Å². The summed E-state index contributed by atoms with van der Waals surface area (Å²) in [6.07, 6.45) is 1.16. The van der Waals surface area contributed by atoms with E-state index in [0.717, 1.165) is 11.1 Å². The lowest BCUT2D eigenvalue weighted by Crippen LogP contribution is -2.39. The summed E-state index contributed by atoms with van der Waals surface area (Å²) in [6, 6.07) is 17.1. The zero-order chi connectivity index (χ0) is 27.6. The van der Waals surface area contributed by atoms with Crippen molar-refractivity contribution in [2.75, 3.05) is 6.54 Å². The third-order valence-electron chi connectivity index (χ3n) is 6.83. The van der Waals surface area contributed by atoms with Crippen LogP contribution >= 0.6 is 0 Å². The van der Waals surface area contributed by atoms with Gasteiger partial charge in [-0.1, -0.05) is 49.7 Å². The Morgan fingerprint density at radius 3 is 2.42 bits per heavy atom. The van der Waals surface area contributed by atoms with Gasteiger partial charge >= 0.3 is 0 Å². The van der Waals surface area contributed by atoms with E-state index in [9.17, 15) is 19.7 Å². The van der Waals surface area contributed by atoms with Gasteiger partial charge in [-0.15, -0.1) is 0 Å². The maximum absolute atomic E-state index is 13.9. The Hall–Kier alpha value is -4.33. The van der Waals surface area contributed by atoms with Crippen LogP contribution in [0.1, 0.15) is 65.6 Å². The van der Waals surface area contributed by atoms with E-state index < -0.39 is 11.0 Å². The van der Waals surface area contributed by atoms with Crippen LogP contribution in [-0.4, -0.2) is 31.8 Å². The van der Waals surface area contributed by atoms with Crippen molar-refractivity contribution in [2.24, 2.45) is 0 Å². The molecule has 1 heterocycles.